The molecule has 0 saturated carbocycles. The highest BCUT2D eigenvalue weighted by molar-refractivity contribution is 9.11. The van der Waals surface area contributed by atoms with Gasteiger partial charge in [0.05, 0.1) is 5.69 Å². The Morgan fingerprint density at radius 3 is 2.42 bits per heavy atom. The fourth-order valence-electron chi connectivity index (χ4n) is 1.88. The first-order valence-electron chi connectivity index (χ1n) is 5.88. The summed E-state index contributed by atoms with van der Waals surface area (Å²) in [5.74, 6) is 0. The van der Waals surface area contributed by atoms with Crippen LogP contribution < -0.4 is 5.73 Å². The first kappa shape index (κ1) is 15.5. The van der Waals surface area contributed by atoms with E-state index in [1.165, 1.54) is 10.4 Å². The van der Waals surface area contributed by atoms with Crippen LogP contribution in [0.25, 0.3) is 0 Å². The van der Waals surface area contributed by atoms with Crippen molar-refractivity contribution >= 4 is 64.3 Å². The highest BCUT2D eigenvalue weighted by Crippen LogP contribution is 2.34. The van der Waals surface area contributed by atoms with Crippen molar-refractivity contribution in [1.82, 2.24) is 4.98 Å². The van der Waals surface area contributed by atoms with E-state index in [2.05, 4.69) is 71.8 Å². The monoisotopic (exact) mass is 466 g/mol. The highest BCUT2D eigenvalue weighted by Gasteiger charge is 2.14. The molecule has 1 heterocycles. The predicted molar refractivity (Wildman–Crippen MR) is 92.9 cm³/mol. The topological polar surface area (TPSA) is 38.9 Å². The number of aryl methyl sites for hydroxylation is 1. The fourth-order valence-corrected chi connectivity index (χ4v) is 5.30. The summed E-state index contributed by atoms with van der Waals surface area (Å²) < 4.78 is 3.22. The number of hydrogen-bond donors (Lipinski definition) is 1. The van der Waals surface area contributed by atoms with Gasteiger partial charge in [-0.1, -0.05) is 61.1 Å². The molecule has 0 fully saturated rings. The molecule has 0 amide bonds. The van der Waals surface area contributed by atoms with Crippen LogP contribution >= 0.6 is 59.1 Å². The van der Waals surface area contributed by atoms with Gasteiger partial charge in [0.1, 0.15) is 0 Å². The molecule has 0 unspecified atom stereocenters. The van der Waals surface area contributed by atoms with Crippen molar-refractivity contribution in [3.63, 3.8) is 0 Å². The summed E-state index contributed by atoms with van der Waals surface area (Å²) in [5, 5.41) is 0.655. The smallest absolute Gasteiger partial charge is 0.180 e. The molecule has 2 rings (SSSR count). The van der Waals surface area contributed by atoms with Crippen LogP contribution in [0.15, 0.2) is 25.6 Å². The minimum atomic E-state index is 0.655. The van der Waals surface area contributed by atoms with Crippen LogP contribution in [0, 0.1) is 0 Å². The van der Waals surface area contributed by atoms with Crippen LogP contribution in [0.1, 0.15) is 29.5 Å². The Morgan fingerprint density at radius 1 is 1.21 bits per heavy atom. The Bertz CT molecular complexity index is 573. The lowest BCUT2D eigenvalue weighted by atomic mass is 10.1. The number of aromatic nitrogens is 1. The molecular weight excluding hydrogens is 456 g/mol. The van der Waals surface area contributed by atoms with Crippen molar-refractivity contribution in [2.24, 2.45) is 0 Å². The molecule has 102 valence electrons. The van der Waals surface area contributed by atoms with E-state index in [1.807, 2.05) is 0 Å². The van der Waals surface area contributed by atoms with Gasteiger partial charge >= 0.3 is 0 Å². The number of nitrogen functional groups attached to an aromatic ring is 1. The van der Waals surface area contributed by atoms with Crippen molar-refractivity contribution in [2.75, 3.05) is 5.73 Å². The van der Waals surface area contributed by atoms with E-state index in [4.69, 9.17) is 5.73 Å². The number of nitrogens with two attached hydrogens (primary N) is 1. The third-order valence-corrected chi connectivity index (χ3v) is 5.52. The largest absolute Gasteiger partial charge is 0.375 e. The Balaban J connectivity index is 2.36. The molecule has 0 bridgehead atoms. The lowest BCUT2D eigenvalue weighted by molar-refractivity contribution is 0.879. The van der Waals surface area contributed by atoms with E-state index in [1.54, 1.807) is 11.3 Å². The lowest BCUT2D eigenvalue weighted by Crippen LogP contribution is -1.95. The molecule has 2 N–H and O–H groups in total. The van der Waals surface area contributed by atoms with Gasteiger partial charge in [-0.05, 0) is 24.1 Å². The van der Waals surface area contributed by atoms with E-state index < -0.39 is 0 Å². The van der Waals surface area contributed by atoms with E-state index in [9.17, 15) is 0 Å². The molecule has 2 aromatic rings. The Kier molecular flexibility index (Phi) is 5.45. The molecule has 19 heavy (non-hydrogen) atoms. The Hall–Kier alpha value is 0.0900. The van der Waals surface area contributed by atoms with Gasteiger partial charge in [0.15, 0.2) is 5.13 Å². The molecule has 0 aliphatic rings. The Labute approximate surface area is 142 Å². The molecule has 0 aliphatic heterocycles. The minimum absolute atomic E-state index is 0.655. The average molecular weight is 469 g/mol. The van der Waals surface area contributed by atoms with Gasteiger partial charge in [-0.25, -0.2) is 4.98 Å². The molecule has 0 spiro atoms. The van der Waals surface area contributed by atoms with Gasteiger partial charge in [0, 0.05) is 24.7 Å². The molecular formula is C13H13Br3N2S. The highest BCUT2D eigenvalue weighted by atomic mass is 79.9. The van der Waals surface area contributed by atoms with Gasteiger partial charge in [0.2, 0.25) is 0 Å². The van der Waals surface area contributed by atoms with Gasteiger partial charge in [-0.3, -0.25) is 0 Å². The van der Waals surface area contributed by atoms with E-state index in [0.717, 1.165) is 38.4 Å². The second kappa shape index (κ2) is 6.70. The second-order valence-electron chi connectivity index (χ2n) is 4.20. The van der Waals surface area contributed by atoms with Crippen molar-refractivity contribution in [3.8, 4) is 0 Å². The average Bonchev–Trinajstić information content (AvgIpc) is 2.64. The normalized spacial score (nSPS) is 10.9. The lowest BCUT2D eigenvalue weighted by Gasteiger charge is -2.08. The van der Waals surface area contributed by atoms with Crippen molar-refractivity contribution in [2.45, 2.75) is 26.2 Å². The number of hydrogen-bond acceptors (Lipinski definition) is 3. The van der Waals surface area contributed by atoms with E-state index >= 15 is 0 Å². The minimum Gasteiger partial charge on any atom is -0.375 e. The van der Waals surface area contributed by atoms with Gasteiger partial charge in [0.25, 0.3) is 0 Å². The number of anilines is 1. The molecule has 0 radical (unpaired) electrons. The molecule has 1 aromatic carbocycles. The number of thiazole rings is 1. The van der Waals surface area contributed by atoms with Crippen LogP contribution in [0.5, 0.6) is 0 Å². The summed E-state index contributed by atoms with van der Waals surface area (Å²) in [6, 6.07) is 4.12. The maximum absolute atomic E-state index is 5.84. The number of rotatable bonds is 4. The maximum Gasteiger partial charge on any atom is 0.180 e. The van der Waals surface area contributed by atoms with Gasteiger partial charge < -0.3 is 5.73 Å². The van der Waals surface area contributed by atoms with Crippen molar-refractivity contribution < 1.29 is 0 Å². The molecule has 0 atom stereocenters. The van der Waals surface area contributed by atoms with Crippen LogP contribution in [0.4, 0.5) is 5.13 Å². The van der Waals surface area contributed by atoms with E-state index in [0.29, 0.717) is 5.13 Å². The predicted octanol–water partition coefficient (Wildman–Crippen LogP) is 5.56. The van der Waals surface area contributed by atoms with Gasteiger partial charge in [-0.15, -0.1) is 11.3 Å². The second-order valence-corrected chi connectivity index (χ2v) is 7.94. The van der Waals surface area contributed by atoms with Crippen molar-refractivity contribution in [1.29, 1.82) is 0 Å². The molecule has 2 nitrogen and oxygen atoms in total. The number of benzene rings is 1. The third-order valence-electron chi connectivity index (χ3n) is 2.72. The summed E-state index contributed by atoms with van der Waals surface area (Å²) in [5.41, 5.74) is 8.20. The Morgan fingerprint density at radius 2 is 1.84 bits per heavy atom. The fraction of sp³-hybridized carbons (Fsp3) is 0.308. The molecule has 0 aliphatic carbocycles. The zero-order valence-corrected chi connectivity index (χ0v) is 15.9. The SMILES string of the molecule is CCCc1nc(N)sc1Cc1c(Br)cc(Br)cc1Br. The zero-order valence-electron chi connectivity index (χ0n) is 10.3. The summed E-state index contributed by atoms with van der Waals surface area (Å²) in [6.07, 6.45) is 2.91. The van der Waals surface area contributed by atoms with Crippen LogP contribution in [-0.2, 0) is 12.8 Å². The summed E-state index contributed by atoms with van der Waals surface area (Å²) in [7, 11) is 0. The first-order chi connectivity index (χ1) is 9.01. The molecule has 0 saturated heterocycles. The standard InChI is InChI=1S/C13H13Br3N2S/c1-2-3-11-12(19-13(17)18-11)6-8-9(15)4-7(14)5-10(8)16/h4-5H,2-3,6H2,1H3,(H2,17,18). The van der Waals surface area contributed by atoms with Crippen molar-refractivity contribution in [3.05, 3.63) is 41.7 Å². The molecule has 6 heteroatoms. The van der Waals surface area contributed by atoms with Crippen LogP contribution in [-0.4, -0.2) is 4.98 Å². The summed E-state index contributed by atoms with van der Waals surface area (Å²) >= 11 is 12.3. The van der Waals surface area contributed by atoms with E-state index in [-0.39, 0.29) is 0 Å². The van der Waals surface area contributed by atoms with Crippen LogP contribution in [0.3, 0.4) is 0 Å². The first-order valence-corrected chi connectivity index (χ1v) is 9.08. The van der Waals surface area contributed by atoms with Gasteiger partial charge in [-0.2, -0.15) is 0 Å². The quantitative estimate of drug-likeness (QED) is 0.638. The summed E-state index contributed by atoms with van der Waals surface area (Å²) in [6.45, 7) is 2.16. The summed E-state index contributed by atoms with van der Waals surface area (Å²) in [4.78, 5) is 5.68. The zero-order chi connectivity index (χ0) is 14.0. The number of halogens is 3. The van der Waals surface area contributed by atoms with Crippen LogP contribution in [0.2, 0.25) is 0 Å². The molecule has 1 aromatic heterocycles. The number of nitrogens with zero attached hydrogens (tertiary/aromatic N) is 1. The third kappa shape index (κ3) is 3.80. The maximum atomic E-state index is 5.84.